The average molecular weight is 694 g/mol. The van der Waals surface area contributed by atoms with E-state index in [1.165, 1.54) is 18.6 Å². The van der Waals surface area contributed by atoms with Crippen LogP contribution in [0.5, 0.6) is 0 Å². The molecule has 1 aliphatic carbocycles. The van der Waals surface area contributed by atoms with Crippen molar-refractivity contribution in [3.8, 4) is 0 Å². The Balaban J connectivity index is 1.84. The molecule has 0 radical (unpaired) electrons. The molecule has 3 rings (SSSR count). The van der Waals surface area contributed by atoms with Crippen molar-refractivity contribution in [2.75, 3.05) is 26.3 Å². The van der Waals surface area contributed by atoms with E-state index in [1.807, 2.05) is 63.9 Å². The van der Waals surface area contributed by atoms with Crippen molar-refractivity contribution in [2.45, 2.75) is 119 Å². The van der Waals surface area contributed by atoms with Crippen molar-refractivity contribution in [3.05, 3.63) is 81.7 Å². The van der Waals surface area contributed by atoms with Gasteiger partial charge in [0.1, 0.15) is 17.7 Å². The summed E-state index contributed by atoms with van der Waals surface area (Å²) in [6, 6.07) is 6.59. The lowest BCUT2D eigenvalue weighted by molar-refractivity contribution is -0.163. The fraction of sp³-hybridized carbons (Fsp3) is 0.585. The summed E-state index contributed by atoms with van der Waals surface area (Å²) in [6.07, 6.45) is 14.1. The number of carbonyl (C=O) groups is 2. The first-order valence-corrected chi connectivity index (χ1v) is 18.5. The van der Waals surface area contributed by atoms with Crippen molar-refractivity contribution >= 4 is 18.5 Å². The first kappa shape index (κ1) is 40.9. The van der Waals surface area contributed by atoms with E-state index in [-0.39, 0.29) is 30.0 Å². The van der Waals surface area contributed by atoms with Gasteiger partial charge in [-0.1, -0.05) is 30.7 Å². The molecule has 0 aromatic heterocycles. The van der Waals surface area contributed by atoms with E-state index in [0.29, 0.717) is 69.0 Å². The third kappa shape index (κ3) is 12.6. The van der Waals surface area contributed by atoms with Crippen molar-refractivity contribution in [3.63, 3.8) is 0 Å². The number of carbonyl (C=O) groups excluding carboxylic acids is 2. The van der Waals surface area contributed by atoms with Gasteiger partial charge in [-0.3, -0.25) is 14.6 Å². The summed E-state index contributed by atoms with van der Waals surface area (Å²) in [5.41, 5.74) is 5.05. The molecule has 276 valence electrons. The minimum absolute atomic E-state index is 0.0556. The molecule has 1 aromatic carbocycles. The van der Waals surface area contributed by atoms with E-state index in [9.17, 15) is 14.0 Å². The molecule has 50 heavy (non-hydrogen) atoms. The molecule has 4 atom stereocenters. The molecule has 4 unspecified atom stereocenters. The Labute approximate surface area is 299 Å². The number of rotatable bonds is 20. The second-order valence-corrected chi connectivity index (χ2v) is 13.6. The highest BCUT2D eigenvalue weighted by molar-refractivity contribution is 5.94. The maximum atomic E-state index is 14.1. The number of ether oxygens (including phenoxy) is 3. The Morgan fingerprint density at radius 2 is 1.88 bits per heavy atom. The maximum absolute atomic E-state index is 14.1. The second-order valence-electron chi connectivity index (χ2n) is 13.6. The van der Waals surface area contributed by atoms with Crippen LogP contribution < -0.4 is 5.32 Å². The number of allylic oxidation sites excluding steroid dienone is 6. The summed E-state index contributed by atoms with van der Waals surface area (Å²) in [7, 11) is 0. The summed E-state index contributed by atoms with van der Waals surface area (Å²) >= 11 is 0. The quantitative estimate of drug-likeness (QED) is 0.0369. The molecule has 1 saturated heterocycles. The van der Waals surface area contributed by atoms with Crippen molar-refractivity contribution < 1.29 is 28.2 Å². The predicted octanol–water partition coefficient (Wildman–Crippen LogP) is 8.60. The molecule has 1 aromatic rings. The van der Waals surface area contributed by atoms with Crippen LogP contribution in [0.4, 0.5) is 4.39 Å². The minimum Gasteiger partial charge on any atom is -0.489 e. The first-order valence-electron chi connectivity index (χ1n) is 18.5. The molecule has 2 amide bonds. The Hall–Kier alpha value is -3.56. The summed E-state index contributed by atoms with van der Waals surface area (Å²) in [5, 5.41) is 2.75. The van der Waals surface area contributed by atoms with Gasteiger partial charge in [0.25, 0.3) is 5.91 Å². The normalized spacial score (nSPS) is 20.8. The van der Waals surface area contributed by atoms with Gasteiger partial charge in [0.05, 0.1) is 18.5 Å². The molecule has 1 aliphatic heterocycles. The SMILES string of the molecule is C/C=C(\C=N\C(=C(C)C)/C(=C/C)C(CC/C(C(=O)N(CC)CCCOC1CCCCO1)=C(\C)NC=O)Cc1ccc(F)cc1)OC1CCC1C. The molecule has 1 heterocycles. The number of amides is 2. The third-order valence-corrected chi connectivity index (χ3v) is 9.74. The van der Waals surface area contributed by atoms with E-state index >= 15 is 0 Å². The number of halogens is 1. The zero-order chi connectivity index (χ0) is 36.5. The van der Waals surface area contributed by atoms with Crippen LogP contribution in [0.15, 0.2) is 75.3 Å². The van der Waals surface area contributed by atoms with Gasteiger partial charge in [0, 0.05) is 31.0 Å². The fourth-order valence-corrected chi connectivity index (χ4v) is 6.47. The number of nitrogens with zero attached hydrogens (tertiary/aromatic N) is 2. The van der Waals surface area contributed by atoms with Crippen LogP contribution in [0.25, 0.3) is 0 Å². The lowest BCUT2D eigenvalue weighted by Gasteiger charge is -2.34. The molecular formula is C41H60FN3O5. The van der Waals surface area contributed by atoms with Gasteiger partial charge in [-0.25, -0.2) is 4.39 Å². The van der Waals surface area contributed by atoms with Gasteiger partial charge >= 0.3 is 0 Å². The van der Waals surface area contributed by atoms with Crippen LogP contribution in [0.1, 0.15) is 105 Å². The molecule has 0 spiro atoms. The minimum atomic E-state index is -0.284. The van der Waals surface area contributed by atoms with Gasteiger partial charge in [-0.2, -0.15) is 0 Å². The van der Waals surface area contributed by atoms with Crippen LogP contribution in [-0.2, 0) is 30.2 Å². The Bertz CT molecular complexity index is 1390. The second kappa shape index (κ2) is 21.6. The van der Waals surface area contributed by atoms with E-state index in [4.69, 9.17) is 19.2 Å². The van der Waals surface area contributed by atoms with Crippen molar-refractivity contribution in [1.82, 2.24) is 10.2 Å². The van der Waals surface area contributed by atoms with Gasteiger partial charge in [0.2, 0.25) is 6.41 Å². The number of benzene rings is 1. The third-order valence-electron chi connectivity index (χ3n) is 9.74. The van der Waals surface area contributed by atoms with Gasteiger partial charge in [-0.05, 0) is 141 Å². The zero-order valence-electron chi connectivity index (χ0n) is 31.4. The standard InChI is InChI=1S/C41H60FN3O5/c1-8-35(50-38-22-15-30(38)6)27-43-40(29(4)5)36(9-2)33(26-32-16-19-34(42)20-17-32)18-21-37(31(7)44-28-46)41(47)45(10-3)23-13-25-49-39-14-11-12-24-48-39/h8-9,16-17,19-20,27-28,30,33,38-39H,10-15,18,21-26H2,1-7H3,(H,44,46)/b35-8+,36-9+,37-31-,43-27+. The fourth-order valence-electron chi connectivity index (χ4n) is 6.47. The van der Waals surface area contributed by atoms with Gasteiger partial charge < -0.3 is 24.4 Å². The lowest BCUT2D eigenvalue weighted by atomic mass is 9.83. The number of hydrogen-bond acceptors (Lipinski definition) is 6. The molecule has 2 fully saturated rings. The number of nitrogens with one attached hydrogen (secondary N) is 1. The molecule has 1 saturated carbocycles. The van der Waals surface area contributed by atoms with Gasteiger partial charge in [0.15, 0.2) is 6.29 Å². The highest BCUT2D eigenvalue weighted by atomic mass is 19.1. The summed E-state index contributed by atoms with van der Waals surface area (Å²) in [4.78, 5) is 32.4. The van der Waals surface area contributed by atoms with E-state index < -0.39 is 0 Å². The lowest BCUT2D eigenvalue weighted by Crippen LogP contribution is -2.35. The number of aliphatic imine (C=N–C) groups is 1. The average Bonchev–Trinajstić information content (AvgIpc) is 3.11. The smallest absolute Gasteiger partial charge is 0.251 e. The highest BCUT2D eigenvalue weighted by Gasteiger charge is 2.29. The zero-order valence-corrected chi connectivity index (χ0v) is 31.4. The van der Waals surface area contributed by atoms with Crippen LogP contribution in [0, 0.1) is 17.7 Å². The van der Waals surface area contributed by atoms with Crippen LogP contribution in [0.2, 0.25) is 0 Å². The van der Waals surface area contributed by atoms with Crippen molar-refractivity contribution in [1.29, 1.82) is 0 Å². The topological polar surface area (TPSA) is 89.5 Å². The summed E-state index contributed by atoms with van der Waals surface area (Å²) in [5.74, 6) is 0.834. The highest BCUT2D eigenvalue weighted by Crippen LogP contribution is 2.34. The van der Waals surface area contributed by atoms with E-state index in [1.54, 1.807) is 6.92 Å². The Kier molecular flexibility index (Phi) is 17.7. The number of likely N-dealkylation sites (N-methyl/N-ethyl adjacent to an activating group) is 1. The predicted molar refractivity (Wildman–Crippen MR) is 199 cm³/mol. The van der Waals surface area contributed by atoms with Crippen LogP contribution >= 0.6 is 0 Å². The Morgan fingerprint density at radius 3 is 2.44 bits per heavy atom. The van der Waals surface area contributed by atoms with E-state index in [0.717, 1.165) is 60.5 Å². The molecule has 9 heteroatoms. The first-order chi connectivity index (χ1) is 24.1. The van der Waals surface area contributed by atoms with Crippen molar-refractivity contribution in [2.24, 2.45) is 16.8 Å². The molecule has 8 nitrogen and oxygen atoms in total. The number of hydrogen-bond donors (Lipinski definition) is 1. The molecule has 0 bridgehead atoms. The van der Waals surface area contributed by atoms with Crippen LogP contribution in [-0.4, -0.2) is 62.1 Å². The monoisotopic (exact) mass is 693 g/mol. The summed E-state index contributed by atoms with van der Waals surface area (Å²) < 4.78 is 31.7. The van der Waals surface area contributed by atoms with Crippen LogP contribution in [0.3, 0.4) is 0 Å². The van der Waals surface area contributed by atoms with Gasteiger partial charge in [-0.15, -0.1) is 0 Å². The molecular weight excluding hydrogens is 633 g/mol. The largest absolute Gasteiger partial charge is 0.489 e. The molecule has 2 aliphatic rings. The Morgan fingerprint density at radius 1 is 1.12 bits per heavy atom. The molecule has 1 N–H and O–H groups in total. The summed E-state index contributed by atoms with van der Waals surface area (Å²) in [6.45, 7) is 16.3. The maximum Gasteiger partial charge on any atom is 0.251 e. The van der Waals surface area contributed by atoms with E-state index in [2.05, 4.69) is 18.3 Å².